The van der Waals surface area contributed by atoms with E-state index in [1.165, 1.54) is 11.3 Å². The zero-order chi connectivity index (χ0) is 15.2. The molecule has 1 saturated carbocycles. The van der Waals surface area contributed by atoms with Crippen molar-refractivity contribution >= 4 is 11.9 Å². The van der Waals surface area contributed by atoms with Crippen molar-refractivity contribution in [1.82, 2.24) is 9.88 Å². The minimum absolute atomic E-state index is 0.0595. The summed E-state index contributed by atoms with van der Waals surface area (Å²) in [4.78, 5) is 28.3. The van der Waals surface area contributed by atoms with Crippen LogP contribution in [-0.4, -0.2) is 46.6 Å². The molecule has 1 amide bonds. The first-order valence-corrected chi connectivity index (χ1v) is 7.16. The van der Waals surface area contributed by atoms with Crippen LogP contribution >= 0.6 is 0 Å². The summed E-state index contributed by atoms with van der Waals surface area (Å²) in [6.07, 6.45) is 5.53. The standard InChI is InChI=1S/C15H20N2O4/c1-17(9-3-6-14(18)19)15(20)11-7-8-16-13(10-11)21-12-4-2-5-12/h7-8,10,12H,2-6,9H2,1H3,(H,18,19). The summed E-state index contributed by atoms with van der Waals surface area (Å²) in [5.41, 5.74) is 0.511. The van der Waals surface area contributed by atoms with Crippen LogP contribution in [0.1, 0.15) is 42.5 Å². The number of hydrogen-bond acceptors (Lipinski definition) is 4. The van der Waals surface area contributed by atoms with Crippen LogP contribution in [0, 0.1) is 0 Å². The van der Waals surface area contributed by atoms with Crippen molar-refractivity contribution in [1.29, 1.82) is 0 Å². The Bertz CT molecular complexity index is 514. The van der Waals surface area contributed by atoms with Crippen LogP contribution in [-0.2, 0) is 4.79 Å². The van der Waals surface area contributed by atoms with Crippen LogP contribution in [0.25, 0.3) is 0 Å². The van der Waals surface area contributed by atoms with E-state index >= 15 is 0 Å². The molecule has 6 nitrogen and oxygen atoms in total. The van der Waals surface area contributed by atoms with E-state index in [1.807, 2.05) is 0 Å². The molecule has 1 N–H and O–H groups in total. The maximum atomic E-state index is 12.2. The van der Waals surface area contributed by atoms with Crippen LogP contribution in [0.4, 0.5) is 0 Å². The number of ether oxygens (including phenoxy) is 1. The minimum atomic E-state index is -0.851. The number of aliphatic carboxylic acids is 1. The van der Waals surface area contributed by atoms with E-state index in [0.29, 0.717) is 24.4 Å². The fourth-order valence-corrected chi connectivity index (χ4v) is 2.06. The number of carbonyl (C=O) groups is 2. The first-order chi connectivity index (χ1) is 10.1. The highest BCUT2D eigenvalue weighted by Crippen LogP contribution is 2.24. The largest absolute Gasteiger partial charge is 0.481 e. The lowest BCUT2D eigenvalue weighted by atomic mass is 9.96. The Hall–Kier alpha value is -2.11. The number of pyridine rings is 1. The Morgan fingerprint density at radius 2 is 2.24 bits per heavy atom. The molecular weight excluding hydrogens is 272 g/mol. The summed E-state index contributed by atoms with van der Waals surface area (Å²) in [5, 5.41) is 8.60. The highest BCUT2D eigenvalue weighted by molar-refractivity contribution is 5.94. The molecule has 6 heteroatoms. The van der Waals surface area contributed by atoms with Crippen molar-refractivity contribution in [2.24, 2.45) is 0 Å². The van der Waals surface area contributed by atoms with Crippen molar-refractivity contribution in [3.63, 3.8) is 0 Å². The van der Waals surface area contributed by atoms with Gasteiger partial charge in [0.15, 0.2) is 0 Å². The first kappa shape index (κ1) is 15.3. The normalized spacial score (nSPS) is 14.3. The van der Waals surface area contributed by atoms with Gasteiger partial charge in [-0.15, -0.1) is 0 Å². The number of rotatable bonds is 7. The number of carboxylic acid groups (broad SMARTS) is 1. The predicted octanol–water partition coefficient (Wildman–Crippen LogP) is 1.95. The molecule has 0 aromatic carbocycles. The van der Waals surface area contributed by atoms with Crippen molar-refractivity contribution in [3.05, 3.63) is 23.9 Å². The highest BCUT2D eigenvalue weighted by atomic mass is 16.5. The van der Waals surface area contributed by atoms with Gasteiger partial charge in [-0.05, 0) is 31.7 Å². The maximum Gasteiger partial charge on any atom is 0.303 e. The second-order valence-corrected chi connectivity index (χ2v) is 5.28. The Kier molecular flexibility index (Phi) is 5.14. The van der Waals surface area contributed by atoms with Gasteiger partial charge in [0.2, 0.25) is 5.88 Å². The van der Waals surface area contributed by atoms with E-state index in [4.69, 9.17) is 9.84 Å². The van der Waals surface area contributed by atoms with Gasteiger partial charge < -0.3 is 14.7 Å². The zero-order valence-electron chi connectivity index (χ0n) is 12.1. The van der Waals surface area contributed by atoms with E-state index in [2.05, 4.69) is 4.98 Å². The third-order valence-electron chi connectivity index (χ3n) is 3.55. The van der Waals surface area contributed by atoms with Gasteiger partial charge in [0.1, 0.15) is 6.10 Å². The van der Waals surface area contributed by atoms with Crippen LogP contribution in [0.3, 0.4) is 0 Å². The van der Waals surface area contributed by atoms with Gasteiger partial charge in [0.05, 0.1) is 0 Å². The Labute approximate surface area is 123 Å². The summed E-state index contributed by atoms with van der Waals surface area (Å²) in [6, 6.07) is 3.29. The molecule has 1 aliphatic carbocycles. The van der Waals surface area contributed by atoms with E-state index in [1.54, 1.807) is 25.4 Å². The van der Waals surface area contributed by atoms with Gasteiger partial charge >= 0.3 is 5.97 Å². The molecule has 1 fully saturated rings. The van der Waals surface area contributed by atoms with Crippen LogP contribution in [0.15, 0.2) is 18.3 Å². The Morgan fingerprint density at radius 1 is 1.48 bits per heavy atom. The summed E-state index contributed by atoms with van der Waals surface area (Å²) < 4.78 is 5.67. The Balaban J connectivity index is 1.91. The van der Waals surface area contributed by atoms with E-state index in [0.717, 1.165) is 12.8 Å². The average Bonchev–Trinajstić information content (AvgIpc) is 2.42. The maximum absolute atomic E-state index is 12.2. The van der Waals surface area contributed by atoms with Gasteiger partial charge in [0.25, 0.3) is 5.91 Å². The van der Waals surface area contributed by atoms with Crippen LogP contribution in [0.2, 0.25) is 0 Å². The molecule has 0 radical (unpaired) electrons. The molecule has 21 heavy (non-hydrogen) atoms. The molecule has 1 heterocycles. The molecule has 2 rings (SSSR count). The lowest BCUT2D eigenvalue weighted by molar-refractivity contribution is -0.137. The monoisotopic (exact) mass is 292 g/mol. The topological polar surface area (TPSA) is 79.7 Å². The fraction of sp³-hybridized carbons (Fsp3) is 0.533. The molecule has 1 aromatic rings. The van der Waals surface area contributed by atoms with Crippen molar-refractivity contribution in [3.8, 4) is 5.88 Å². The average molecular weight is 292 g/mol. The van der Waals surface area contributed by atoms with E-state index in [9.17, 15) is 9.59 Å². The molecular formula is C15H20N2O4. The molecule has 114 valence electrons. The molecule has 0 aliphatic heterocycles. The lowest BCUT2D eigenvalue weighted by Gasteiger charge is -2.25. The number of nitrogens with zero attached hydrogens (tertiary/aromatic N) is 2. The zero-order valence-corrected chi connectivity index (χ0v) is 12.1. The van der Waals surface area contributed by atoms with Gasteiger partial charge in [0, 0.05) is 37.8 Å². The number of aromatic nitrogens is 1. The fourth-order valence-electron chi connectivity index (χ4n) is 2.06. The van der Waals surface area contributed by atoms with E-state index < -0.39 is 5.97 Å². The highest BCUT2D eigenvalue weighted by Gasteiger charge is 2.20. The van der Waals surface area contributed by atoms with Crippen molar-refractivity contribution in [2.45, 2.75) is 38.2 Å². The molecule has 0 spiro atoms. The molecule has 0 unspecified atom stereocenters. The molecule has 0 bridgehead atoms. The van der Waals surface area contributed by atoms with E-state index in [-0.39, 0.29) is 18.4 Å². The van der Waals surface area contributed by atoms with Crippen LogP contribution in [0.5, 0.6) is 5.88 Å². The second-order valence-electron chi connectivity index (χ2n) is 5.28. The third-order valence-corrected chi connectivity index (χ3v) is 3.55. The SMILES string of the molecule is CN(CCCC(=O)O)C(=O)c1ccnc(OC2CCC2)c1. The minimum Gasteiger partial charge on any atom is -0.481 e. The van der Waals surface area contributed by atoms with Crippen molar-refractivity contribution < 1.29 is 19.4 Å². The van der Waals surface area contributed by atoms with Crippen LogP contribution < -0.4 is 4.74 Å². The predicted molar refractivity (Wildman–Crippen MR) is 76.3 cm³/mol. The van der Waals surface area contributed by atoms with Gasteiger partial charge in [-0.1, -0.05) is 0 Å². The summed E-state index contributed by atoms with van der Waals surface area (Å²) in [6.45, 7) is 0.409. The second kappa shape index (κ2) is 7.06. The lowest BCUT2D eigenvalue weighted by Crippen LogP contribution is -2.28. The molecule has 0 saturated heterocycles. The van der Waals surface area contributed by atoms with Gasteiger partial charge in [-0.3, -0.25) is 9.59 Å². The number of carbonyl (C=O) groups excluding carboxylic acids is 1. The summed E-state index contributed by atoms with van der Waals surface area (Å²) >= 11 is 0. The van der Waals surface area contributed by atoms with Gasteiger partial charge in [-0.2, -0.15) is 0 Å². The molecule has 0 atom stereocenters. The summed E-state index contributed by atoms with van der Waals surface area (Å²) in [7, 11) is 1.66. The number of carboxylic acids is 1. The molecule has 1 aliphatic rings. The molecule has 1 aromatic heterocycles. The number of amides is 1. The van der Waals surface area contributed by atoms with Gasteiger partial charge in [-0.25, -0.2) is 4.98 Å². The quantitative estimate of drug-likeness (QED) is 0.831. The smallest absolute Gasteiger partial charge is 0.303 e. The summed E-state index contributed by atoms with van der Waals surface area (Å²) in [5.74, 6) is -0.526. The first-order valence-electron chi connectivity index (χ1n) is 7.16. The van der Waals surface area contributed by atoms with Crippen molar-refractivity contribution in [2.75, 3.05) is 13.6 Å². The number of hydrogen-bond donors (Lipinski definition) is 1. The third kappa shape index (κ3) is 4.44. The Morgan fingerprint density at radius 3 is 2.86 bits per heavy atom.